The molecule has 0 unspecified atom stereocenters. The highest BCUT2D eigenvalue weighted by Gasteiger charge is 2.14. The van der Waals surface area contributed by atoms with E-state index in [1.54, 1.807) is 0 Å². The van der Waals surface area contributed by atoms with Gasteiger partial charge in [0.05, 0.1) is 12.7 Å². The number of ether oxygens (including phenoxy) is 1. The molecule has 0 atom stereocenters. The topological polar surface area (TPSA) is 38.3 Å². The first kappa shape index (κ1) is 8.81. The Bertz CT molecular complexity index is 396. The Hall–Kier alpha value is -1.77. The first-order valence-corrected chi connectivity index (χ1v) is 4.43. The second kappa shape index (κ2) is 3.54. The number of carbonyl (C=O) groups excluding carboxylic acids is 1. The van der Waals surface area contributed by atoms with Crippen molar-refractivity contribution in [3.8, 4) is 0 Å². The highest BCUT2D eigenvalue weighted by molar-refractivity contribution is 5.97. The number of fused-ring (bicyclic) bond motifs is 1. The van der Waals surface area contributed by atoms with Crippen molar-refractivity contribution in [3.05, 3.63) is 35.4 Å². The largest absolute Gasteiger partial charge is 0.466 e. The zero-order valence-electron chi connectivity index (χ0n) is 7.91. The van der Waals surface area contributed by atoms with Crippen molar-refractivity contribution in [2.24, 2.45) is 0 Å². The molecule has 0 saturated heterocycles. The van der Waals surface area contributed by atoms with Crippen molar-refractivity contribution in [2.75, 3.05) is 19.0 Å². The predicted molar refractivity (Wildman–Crippen MR) is 54.9 cm³/mol. The molecule has 0 saturated carbocycles. The van der Waals surface area contributed by atoms with Crippen LogP contribution in [0.1, 0.15) is 5.56 Å². The summed E-state index contributed by atoms with van der Waals surface area (Å²) in [4.78, 5) is 11.2. The van der Waals surface area contributed by atoms with Gasteiger partial charge in [-0.3, -0.25) is 0 Å². The molecule has 3 nitrogen and oxygen atoms in total. The van der Waals surface area contributed by atoms with Gasteiger partial charge in [-0.2, -0.15) is 0 Å². The molecule has 1 aromatic carbocycles. The van der Waals surface area contributed by atoms with Crippen LogP contribution in [0.3, 0.4) is 0 Å². The van der Waals surface area contributed by atoms with Gasteiger partial charge in [0.1, 0.15) is 0 Å². The van der Waals surface area contributed by atoms with Crippen molar-refractivity contribution in [1.29, 1.82) is 0 Å². The van der Waals surface area contributed by atoms with E-state index in [1.165, 1.54) is 7.11 Å². The molecule has 72 valence electrons. The standard InChI is InChI=1S/C11H11NO2/c1-14-11(13)9-6-8-4-2-3-5-10(8)12-7-9/h2-6,12H,7H2,1H3. The molecule has 1 heterocycles. The fraction of sp³-hybridized carbons (Fsp3) is 0.182. The van der Waals surface area contributed by atoms with Gasteiger partial charge in [-0.05, 0) is 17.7 Å². The van der Waals surface area contributed by atoms with Crippen molar-refractivity contribution in [1.82, 2.24) is 0 Å². The average Bonchev–Trinajstić information content (AvgIpc) is 2.27. The average molecular weight is 189 g/mol. The number of benzene rings is 1. The minimum Gasteiger partial charge on any atom is -0.466 e. The summed E-state index contributed by atoms with van der Waals surface area (Å²) in [5.41, 5.74) is 2.74. The Morgan fingerprint density at radius 1 is 1.43 bits per heavy atom. The molecule has 0 bridgehead atoms. The van der Waals surface area contributed by atoms with Crippen LogP contribution in [-0.2, 0) is 9.53 Å². The molecular weight excluding hydrogens is 178 g/mol. The van der Waals surface area contributed by atoms with Crippen molar-refractivity contribution in [3.63, 3.8) is 0 Å². The van der Waals surface area contributed by atoms with E-state index in [9.17, 15) is 4.79 Å². The molecule has 0 aromatic heterocycles. The number of carbonyl (C=O) groups is 1. The van der Waals surface area contributed by atoms with Crippen LogP contribution in [0, 0.1) is 0 Å². The molecule has 1 N–H and O–H groups in total. The maximum absolute atomic E-state index is 11.2. The van der Waals surface area contributed by atoms with Crippen molar-refractivity contribution >= 4 is 17.7 Å². The normalized spacial score (nSPS) is 13.6. The van der Waals surface area contributed by atoms with Gasteiger partial charge < -0.3 is 10.1 Å². The Balaban J connectivity index is 2.36. The van der Waals surface area contributed by atoms with E-state index >= 15 is 0 Å². The SMILES string of the molecule is COC(=O)C1=Cc2ccccc2NC1. The molecule has 0 fully saturated rings. The van der Waals surface area contributed by atoms with Gasteiger partial charge in [0.2, 0.25) is 0 Å². The van der Waals surface area contributed by atoms with Gasteiger partial charge >= 0.3 is 5.97 Å². The van der Waals surface area contributed by atoms with E-state index in [1.807, 2.05) is 30.3 Å². The smallest absolute Gasteiger partial charge is 0.335 e. The summed E-state index contributed by atoms with van der Waals surface area (Å²) >= 11 is 0. The van der Waals surface area contributed by atoms with E-state index in [4.69, 9.17) is 0 Å². The zero-order chi connectivity index (χ0) is 9.97. The second-order valence-electron chi connectivity index (χ2n) is 3.10. The summed E-state index contributed by atoms with van der Waals surface area (Å²) < 4.78 is 4.66. The summed E-state index contributed by atoms with van der Waals surface area (Å²) in [6, 6.07) is 7.85. The van der Waals surface area contributed by atoms with Gasteiger partial charge in [0.15, 0.2) is 0 Å². The molecule has 1 aliphatic rings. The fourth-order valence-corrected chi connectivity index (χ4v) is 1.48. The number of methoxy groups -OCH3 is 1. The Labute approximate surface area is 82.4 Å². The maximum Gasteiger partial charge on any atom is 0.335 e. The molecule has 1 aromatic rings. The van der Waals surface area contributed by atoms with Gasteiger partial charge in [-0.25, -0.2) is 4.79 Å². The second-order valence-corrected chi connectivity index (χ2v) is 3.10. The molecule has 1 aliphatic heterocycles. The predicted octanol–water partition coefficient (Wildman–Crippen LogP) is 1.67. The van der Waals surface area contributed by atoms with Crippen LogP contribution in [0.5, 0.6) is 0 Å². The van der Waals surface area contributed by atoms with Gasteiger partial charge in [-0.1, -0.05) is 18.2 Å². The lowest BCUT2D eigenvalue weighted by Crippen LogP contribution is -2.17. The highest BCUT2D eigenvalue weighted by atomic mass is 16.5. The van der Waals surface area contributed by atoms with Crippen LogP contribution >= 0.6 is 0 Å². The maximum atomic E-state index is 11.2. The first-order valence-electron chi connectivity index (χ1n) is 4.43. The van der Waals surface area contributed by atoms with Gasteiger partial charge in [0, 0.05) is 12.2 Å². The lowest BCUT2D eigenvalue weighted by Gasteiger charge is -2.16. The van der Waals surface area contributed by atoms with Gasteiger partial charge in [-0.15, -0.1) is 0 Å². The number of para-hydroxylation sites is 1. The van der Waals surface area contributed by atoms with Crippen molar-refractivity contribution in [2.45, 2.75) is 0 Å². The molecule has 0 amide bonds. The number of esters is 1. The van der Waals surface area contributed by atoms with E-state index in [0.717, 1.165) is 11.3 Å². The minimum atomic E-state index is -0.271. The summed E-state index contributed by atoms with van der Waals surface area (Å²) in [6.45, 7) is 0.531. The fourth-order valence-electron chi connectivity index (χ4n) is 1.48. The number of hydrogen-bond donors (Lipinski definition) is 1. The monoisotopic (exact) mass is 189 g/mol. The van der Waals surface area contributed by atoms with Crippen LogP contribution in [0.4, 0.5) is 5.69 Å². The lowest BCUT2D eigenvalue weighted by molar-refractivity contribution is -0.135. The third kappa shape index (κ3) is 1.48. The van der Waals surface area contributed by atoms with Crippen LogP contribution in [-0.4, -0.2) is 19.6 Å². The molecule has 0 aliphatic carbocycles. The quantitative estimate of drug-likeness (QED) is 0.683. The summed E-state index contributed by atoms with van der Waals surface area (Å²) in [5, 5.41) is 3.16. The highest BCUT2D eigenvalue weighted by Crippen LogP contribution is 2.23. The van der Waals surface area contributed by atoms with Crippen LogP contribution < -0.4 is 5.32 Å². The summed E-state index contributed by atoms with van der Waals surface area (Å²) in [6.07, 6.45) is 1.86. The molecule has 0 spiro atoms. The molecule has 14 heavy (non-hydrogen) atoms. The van der Waals surface area contributed by atoms with Crippen LogP contribution in [0.15, 0.2) is 29.8 Å². The molecule has 2 rings (SSSR count). The van der Waals surface area contributed by atoms with E-state index in [0.29, 0.717) is 12.1 Å². The van der Waals surface area contributed by atoms with E-state index < -0.39 is 0 Å². The molecular formula is C11H11NO2. The number of nitrogens with one attached hydrogen (secondary N) is 1. The van der Waals surface area contributed by atoms with E-state index in [-0.39, 0.29) is 5.97 Å². The lowest BCUT2D eigenvalue weighted by atomic mass is 10.0. The zero-order valence-corrected chi connectivity index (χ0v) is 7.91. The first-order chi connectivity index (χ1) is 6.81. The third-order valence-electron chi connectivity index (χ3n) is 2.21. The van der Waals surface area contributed by atoms with E-state index in [2.05, 4.69) is 10.1 Å². The third-order valence-corrected chi connectivity index (χ3v) is 2.21. The van der Waals surface area contributed by atoms with Crippen LogP contribution in [0.2, 0.25) is 0 Å². The Kier molecular flexibility index (Phi) is 2.23. The summed E-state index contributed by atoms with van der Waals surface area (Å²) in [7, 11) is 1.39. The summed E-state index contributed by atoms with van der Waals surface area (Å²) in [5.74, 6) is -0.271. The minimum absolute atomic E-state index is 0.271. The van der Waals surface area contributed by atoms with Gasteiger partial charge in [0.25, 0.3) is 0 Å². The number of rotatable bonds is 1. The van der Waals surface area contributed by atoms with Crippen molar-refractivity contribution < 1.29 is 9.53 Å². The number of hydrogen-bond acceptors (Lipinski definition) is 3. The molecule has 0 radical (unpaired) electrons. The Morgan fingerprint density at radius 3 is 3.00 bits per heavy atom. The molecule has 3 heteroatoms. The number of anilines is 1. The van der Waals surface area contributed by atoms with Crippen LogP contribution in [0.25, 0.3) is 6.08 Å². The Morgan fingerprint density at radius 2 is 2.21 bits per heavy atom.